The fraction of sp³-hybridized carbons (Fsp3) is 0.381. The highest BCUT2D eigenvalue weighted by Gasteiger charge is 2.46. The van der Waals surface area contributed by atoms with Gasteiger partial charge in [0.15, 0.2) is 9.84 Å². The minimum atomic E-state index is -3.68. The van der Waals surface area contributed by atoms with Crippen LogP contribution in [-0.2, 0) is 19.4 Å². The van der Waals surface area contributed by atoms with Crippen LogP contribution in [-0.4, -0.2) is 32.9 Å². The van der Waals surface area contributed by atoms with Crippen LogP contribution in [0, 0.1) is 11.8 Å². The molecule has 2 aromatic rings. The third-order valence-corrected chi connectivity index (χ3v) is 8.03. The van der Waals surface area contributed by atoms with E-state index in [1.165, 1.54) is 6.07 Å². The van der Waals surface area contributed by atoms with E-state index in [0.29, 0.717) is 17.2 Å². The van der Waals surface area contributed by atoms with Crippen molar-refractivity contribution in [3.8, 4) is 5.75 Å². The lowest BCUT2D eigenvalue weighted by atomic mass is 9.97. The van der Waals surface area contributed by atoms with Gasteiger partial charge in [-0.05, 0) is 56.2 Å². The Labute approximate surface area is 180 Å². The van der Waals surface area contributed by atoms with Crippen LogP contribution in [0.3, 0.4) is 0 Å². The zero-order chi connectivity index (χ0) is 21.0. The maximum Gasteiger partial charge on any atom is 0.309 e. The molecule has 8 heteroatoms. The highest BCUT2D eigenvalue weighted by molar-refractivity contribution is 7.92. The molecule has 1 aliphatic rings. The van der Waals surface area contributed by atoms with E-state index < -0.39 is 27.0 Å². The number of hydrogen-bond donors (Lipinski definition) is 0. The van der Waals surface area contributed by atoms with Crippen molar-refractivity contribution in [3.05, 3.63) is 58.6 Å². The molecule has 3 atom stereocenters. The van der Waals surface area contributed by atoms with Gasteiger partial charge in [0.05, 0.1) is 34.3 Å². The maximum absolute atomic E-state index is 13.1. The molecule has 0 radical (unpaired) electrons. The van der Waals surface area contributed by atoms with Gasteiger partial charge in [0.25, 0.3) is 0 Å². The second kappa shape index (κ2) is 9.37. The van der Waals surface area contributed by atoms with Crippen LogP contribution in [0.5, 0.6) is 5.75 Å². The van der Waals surface area contributed by atoms with Crippen molar-refractivity contribution in [2.75, 3.05) is 13.2 Å². The van der Waals surface area contributed by atoms with E-state index in [4.69, 9.17) is 32.7 Å². The molecule has 2 aromatic carbocycles. The van der Waals surface area contributed by atoms with Crippen LogP contribution in [0.4, 0.5) is 0 Å². The molecule has 3 unspecified atom stereocenters. The lowest BCUT2D eigenvalue weighted by Gasteiger charge is -2.18. The molecule has 5 nitrogen and oxygen atoms in total. The summed E-state index contributed by atoms with van der Waals surface area (Å²) < 4.78 is 37.3. The quantitative estimate of drug-likeness (QED) is 0.559. The first kappa shape index (κ1) is 21.9. The van der Waals surface area contributed by atoms with E-state index in [2.05, 4.69) is 0 Å². The van der Waals surface area contributed by atoms with Gasteiger partial charge in [-0.3, -0.25) is 4.79 Å². The molecule has 3 rings (SSSR count). The largest absolute Gasteiger partial charge is 0.493 e. The summed E-state index contributed by atoms with van der Waals surface area (Å²) in [6.07, 6.45) is 0.478. The Balaban J connectivity index is 1.80. The minimum absolute atomic E-state index is 0.0912. The van der Waals surface area contributed by atoms with Crippen molar-refractivity contribution >= 4 is 39.0 Å². The summed E-state index contributed by atoms with van der Waals surface area (Å²) in [5, 5.41) is 0.0465. The molecule has 156 valence electrons. The van der Waals surface area contributed by atoms with Crippen LogP contribution in [0.1, 0.15) is 19.8 Å². The van der Waals surface area contributed by atoms with Gasteiger partial charge in [-0.25, -0.2) is 8.42 Å². The molecule has 29 heavy (non-hydrogen) atoms. The molecule has 0 amide bonds. The van der Waals surface area contributed by atoms with Crippen LogP contribution >= 0.6 is 23.2 Å². The van der Waals surface area contributed by atoms with Crippen molar-refractivity contribution in [2.24, 2.45) is 11.8 Å². The summed E-state index contributed by atoms with van der Waals surface area (Å²) >= 11 is 12.0. The van der Waals surface area contributed by atoms with Crippen molar-refractivity contribution in [2.45, 2.75) is 29.9 Å². The number of halogens is 2. The summed E-state index contributed by atoms with van der Waals surface area (Å²) in [6, 6.07) is 13.2. The molecule has 0 aromatic heterocycles. The highest BCUT2D eigenvalue weighted by Crippen LogP contribution is 2.40. The van der Waals surface area contributed by atoms with E-state index >= 15 is 0 Å². The monoisotopic (exact) mass is 456 g/mol. The van der Waals surface area contributed by atoms with E-state index in [-0.39, 0.29) is 35.5 Å². The summed E-state index contributed by atoms with van der Waals surface area (Å²) in [7, 11) is -3.68. The van der Waals surface area contributed by atoms with Gasteiger partial charge in [0, 0.05) is 10.9 Å². The van der Waals surface area contributed by atoms with Crippen LogP contribution in [0.2, 0.25) is 10.0 Å². The molecule has 0 aliphatic heterocycles. The number of esters is 1. The van der Waals surface area contributed by atoms with Crippen molar-refractivity contribution in [3.63, 3.8) is 0 Å². The smallest absolute Gasteiger partial charge is 0.309 e. The Morgan fingerprint density at radius 1 is 1.07 bits per heavy atom. The van der Waals surface area contributed by atoms with E-state index in [0.717, 1.165) is 0 Å². The minimum Gasteiger partial charge on any atom is -0.493 e. The fourth-order valence-electron chi connectivity index (χ4n) is 3.64. The zero-order valence-electron chi connectivity index (χ0n) is 15.9. The van der Waals surface area contributed by atoms with Gasteiger partial charge in [-0.1, -0.05) is 35.3 Å². The van der Waals surface area contributed by atoms with Crippen molar-refractivity contribution < 1.29 is 22.7 Å². The summed E-state index contributed by atoms with van der Waals surface area (Å²) in [5.74, 6) is -0.625. The molecule has 1 fully saturated rings. The SMILES string of the molecule is CCOC(=O)C1CC(S(=O)(=O)c2ccccc2Cl)CC1COc1ccc(Cl)cc1. The first-order valence-electron chi connectivity index (χ1n) is 9.36. The Bertz CT molecular complexity index is 959. The van der Waals surface area contributed by atoms with Gasteiger partial charge < -0.3 is 9.47 Å². The molecular weight excluding hydrogens is 435 g/mol. The number of hydrogen-bond acceptors (Lipinski definition) is 5. The lowest BCUT2D eigenvalue weighted by molar-refractivity contribution is -0.149. The topological polar surface area (TPSA) is 69.7 Å². The molecule has 1 saturated carbocycles. The number of ether oxygens (including phenoxy) is 2. The lowest BCUT2D eigenvalue weighted by Crippen LogP contribution is -2.25. The van der Waals surface area contributed by atoms with Gasteiger partial charge >= 0.3 is 5.97 Å². The average molecular weight is 457 g/mol. The second-order valence-corrected chi connectivity index (χ2v) is 9.99. The first-order chi connectivity index (χ1) is 13.8. The van der Waals surface area contributed by atoms with Crippen LogP contribution in [0.25, 0.3) is 0 Å². The summed E-state index contributed by atoms with van der Waals surface area (Å²) in [5.41, 5.74) is 0. The predicted molar refractivity (Wildman–Crippen MR) is 112 cm³/mol. The number of benzene rings is 2. The van der Waals surface area contributed by atoms with Gasteiger partial charge in [-0.2, -0.15) is 0 Å². The van der Waals surface area contributed by atoms with E-state index in [1.807, 2.05) is 0 Å². The third-order valence-electron chi connectivity index (χ3n) is 5.10. The molecule has 1 aliphatic carbocycles. The van der Waals surface area contributed by atoms with E-state index in [1.54, 1.807) is 49.4 Å². The highest BCUT2D eigenvalue weighted by atomic mass is 35.5. The van der Waals surface area contributed by atoms with Crippen molar-refractivity contribution in [1.29, 1.82) is 0 Å². The summed E-state index contributed by atoms with van der Waals surface area (Å²) in [4.78, 5) is 12.6. The maximum atomic E-state index is 13.1. The van der Waals surface area contributed by atoms with Crippen molar-refractivity contribution in [1.82, 2.24) is 0 Å². The van der Waals surface area contributed by atoms with Gasteiger partial charge in [-0.15, -0.1) is 0 Å². The fourth-order valence-corrected chi connectivity index (χ4v) is 6.15. The standard InChI is InChI=1S/C21H22Cl2O5S/c1-2-27-21(24)18-12-17(29(25,26)20-6-4-3-5-19(20)23)11-14(18)13-28-16-9-7-15(22)8-10-16/h3-10,14,17-18H,2,11-13H2,1H3. The Morgan fingerprint density at radius 2 is 1.76 bits per heavy atom. The zero-order valence-corrected chi connectivity index (χ0v) is 18.2. The van der Waals surface area contributed by atoms with Crippen LogP contribution in [0.15, 0.2) is 53.4 Å². The molecule has 0 saturated heterocycles. The molecule has 0 N–H and O–H groups in total. The number of sulfone groups is 1. The molecule has 0 bridgehead atoms. The Kier molecular flexibility index (Phi) is 7.09. The second-order valence-electron chi connectivity index (χ2n) is 6.95. The average Bonchev–Trinajstić information content (AvgIpc) is 3.13. The predicted octanol–water partition coefficient (Wildman–Crippen LogP) is 4.80. The molecular formula is C21H22Cl2O5S. The number of carbonyl (C=O) groups excluding carboxylic acids is 1. The normalized spacial score (nSPS) is 21.7. The van der Waals surface area contributed by atoms with Gasteiger partial charge in [0.2, 0.25) is 0 Å². The van der Waals surface area contributed by atoms with Crippen LogP contribution < -0.4 is 4.74 Å². The Morgan fingerprint density at radius 3 is 2.41 bits per heavy atom. The molecule has 0 heterocycles. The third kappa shape index (κ3) is 5.05. The summed E-state index contributed by atoms with van der Waals surface area (Å²) in [6.45, 7) is 2.17. The van der Waals surface area contributed by atoms with E-state index in [9.17, 15) is 13.2 Å². The molecule has 0 spiro atoms. The number of rotatable bonds is 7. The van der Waals surface area contributed by atoms with Gasteiger partial charge in [0.1, 0.15) is 5.75 Å². The Hall–Kier alpha value is -1.76. The first-order valence-corrected chi connectivity index (χ1v) is 11.7. The number of carbonyl (C=O) groups is 1.